The molecule has 0 aromatic heterocycles. The van der Waals surface area contributed by atoms with E-state index < -0.39 is 10.0 Å². The van der Waals surface area contributed by atoms with Gasteiger partial charge in [-0.15, -0.1) is 0 Å². The third-order valence-corrected chi connectivity index (χ3v) is 6.84. The van der Waals surface area contributed by atoms with E-state index in [1.165, 1.54) is 6.07 Å². The highest BCUT2D eigenvalue weighted by molar-refractivity contribution is 7.89. The second-order valence-corrected chi connectivity index (χ2v) is 9.66. The van der Waals surface area contributed by atoms with Gasteiger partial charge in [0.05, 0.1) is 11.4 Å². The van der Waals surface area contributed by atoms with Crippen LogP contribution in [0.15, 0.2) is 53.4 Å². The van der Waals surface area contributed by atoms with E-state index in [-0.39, 0.29) is 35.3 Å². The van der Waals surface area contributed by atoms with Crippen LogP contribution >= 0.6 is 0 Å². The Morgan fingerprint density at radius 2 is 1.90 bits per heavy atom. The van der Waals surface area contributed by atoms with E-state index >= 15 is 0 Å². The Hall–Kier alpha value is -2.75. The van der Waals surface area contributed by atoms with E-state index in [2.05, 4.69) is 5.32 Å². The van der Waals surface area contributed by atoms with Crippen LogP contribution in [-0.4, -0.2) is 50.8 Å². The van der Waals surface area contributed by atoms with Gasteiger partial charge in [-0.05, 0) is 42.7 Å². The molecule has 3 N–H and O–H groups in total. The molecule has 2 aromatic rings. The number of nitrogens with zero attached hydrogens (tertiary/aromatic N) is 2. The molecular weight excluding hydrogens is 416 g/mol. The predicted octanol–water partition coefficient (Wildman–Crippen LogP) is 1.17. The fraction of sp³-hybridized carbons (Fsp3) is 0.364. The first-order valence-corrected chi connectivity index (χ1v) is 11.8. The zero-order chi connectivity index (χ0) is 22.2. The van der Waals surface area contributed by atoms with Gasteiger partial charge in [0.15, 0.2) is 0 Å². The van der Waals surface area contributed by atoms with Crippen molar-refractivity contribution in [2.24, 2.45) is 5.14 Å². The van der Waals surface area contributed by atoms with Crippen molar-refractivity contribution in [1.29, 1.82) is 0 Å². The van der Waals surface area contributed by atoms with E-state index in [1.54, 1.807) is 17.0 Å². The smallest absolute Gasteiger partial charge is 0.241 e. The first-order chi connectivity index (χ1) is 14.7. The molecular formula is C22H26N4O4S. The van der Waals surface area contributed by atoms with Gasteiger partial charge in [-0.3, -0.25) is 14.5 Å². The molecule has 0 saturated carbocycles. The molecule has 9 heteroatoms. The van der Waals surface area contributed by atoms with Gasteiger partial charge in [-0.1, -0.05) is 30.3 Å². The van der Waals surface area contributed by atoms with Gasteiger partial charge >= 0.3 is 0 Å². The van der Waals surface area contributed by atoms with Crippen molar-refractivity contribution in [1.82, 2.24) is 10.2 Å². The van der Waals surface area contributed by atoms with Gasteiger partial charge in [-0.25, -0.2) is 13.6 Å². The molecule has 2 aliphatic heterocycles. The number of carbonyl (C=O) groups is 2. The third-order valence-electron chi connectivity index (χ3n) is 5.93. The number of benzene rings is 2. The molecule has 0 spiro atoms. The summed E-state index contributed by atoms with van der Waals surface area (Å²) in [5.74, 6) is -0.107. The second kappa shape index (κ2) is 8.41. The zero-order valence-electron chi connectivity index (χ0n) is 17.3. The molecule has 2 atom stereocenters. The maximum absolute atomic E-state index is 13.4. The highest BCUT2D eigenvalue weighted by Crippen LogP contribution is 2.34. The number of primary sulfonamides is 1. The van der Waals surface area contributed by atoms with Gasteiger partial charge in [-0.2, -0.15) is 0 Å². The van der Waals surface area contributed by atoms with Crippen LogP contribution in [0.1, 0.15) is 30.5 Å². The van der Waals surface area contributed by atoms with Crippen LogP contribution in [0.3, 0.4) is 0 Å². The number of fused-ring (bicyclic) bond motifs is 1. The minimum absolute atomic E-state index is 0.0285. The number of rotatable bonds is 4. The third kappa shape index (κ3) is 4.48. The molecule has 1 fully saturated rings. The highest BCUT2D eigenvalue weighted by atomic mass is 32.2. The molecule has 0 unspecified atom stereocenters. The number of carbonyl (C=O) groups excluding carboxylic acids is 2. The van der Waals surface area contributed by atoms with Crippen molar-refractivity contribution < 1.29 is 18.0 Å². The average molecular weight is 443 g/mol. The minimum Gasteiger partial charge on any atom is -0.355 e. The van der Waals surface area contributed by atoms with Crippen LogP contribution in [-0.2, 0) is 26.0 Å². The van der Waals surface area contributed by atoms with E-state index in [9.17, 15) is 18.0 Å². The first-order valence-electron chi connectivity index (χ1n) is 10.3. The monoisotopic (exact) mass is 442 g/mol. The van der Waals surface area contributed by atoms with Crippen LogP contribution in [0.4, 0.5) is 5.69 Å². The molecule has 164 valence electrons. The number of anilines is 1. The SMILES string of the molecule is C[C@@H]1Cc2cc(S(N)(=O)=O)ccc2N1C(=O)CN1CCNC(=O)C[C@H]1c1ccccc1. The molecule has 2 aromatic carbocycles. The molecule has 2 heterocycles. The van der Waals surface area contributed by atoms with Crippen LogP contribution < -0.4 is 15.4 Å². The number of nitrogens with one attached hydrogen (secondary N) is 1. The lowest BCUT2D eigenvalue weighted by Crippen LogP contribution is -2.44. The van der Waals surface area contributed by atoms with E-state index in [0.29, 0.717) is 31.6 Å². The summed E-state index contributed by atoms with van der Waals surface area (Å²) in [6.45, 7) is 3.15. The van der Waals surface area contributed by atoms with Gasteiger partial charge in [0, 0.05) is 37.3 Å². The zero-order valence-corrected chi connectivity index (χ0v) is 18.1. The summed E-state index contributed by atoms with van der Waals surface area (Å²) >= 11 is 0. The number of nitrogens with two attached hydrogens (primary N) is 1. The lowest BCUT2D eigenvalue weighted by Gasteiger charge is -2.32. The Kier molecular flexibility index (Phi) is 5.83. The molecule has 31 heavy (non-hydrogen) atoms. The fourth-order valence-electron chi connectivity index (χ4n) is 4.48. The molecule has 2 aliphatic rings. The van der Waals surface area contributed by atoms with Crippen molar-refractivity contribution in [2.75, 3.05) is 24.5 Å². The highest BCUT2D eigenvalue weighted by Gasteiger charge is 2.34. The van der Waals surface area contributed by atoms with Crippen molar-refractivity contribution >= 4 is 27.5 Å². The molecule has 1 saturated heterocycles. The van der Waals surface area contributed by atoms with Gasteiger partial charge < -0.3 is 10.2 Å². The quantitative estimate of drug-likeness (QED) is 0.738. The van der Waals surface area contributed by atoms with E-state index in [4.69, 9.17) is 5.14 Å². The Bertz CT molecular complexity index is 1100. The summed E-state index contributed by atoms with van der Waals surface area (Å²) < 4.78 is 23.4. The summed E-state index contributed by atoms with van der Waals surface area (Å²) in [6, 6.07) is 14.1. The topological polar surface area (TPSA) is 113 Å². The van der Waals surface area contributed by atoms with Crippen LogP contribution in [0.2, 0.25) is 0 Å². The Balaban J connectivity index is 1.59. The molecule has 0 bridgehead atoms. The van der Waals surface area contributed by atoms with Gasteiger partial charge in [0.25, 0.3) is 0 Å². The Labute approximate surface area is 182 Å². The predicted molar refractivity (Wildman–Crippen MR) is 117 cm³/mol. The van der Waals surface area contributed by atoms with Crippen LogP contribution in [0, 0.1) is 0 Å². The molecule has 8 nitrogen and oxygen atoms in total. The second-order valence-electron chi connectivity index (χ2n) is 8.10. The van der Waals surface area contributed by atoms with E-state index in [1.807, 2.05) is 42.2 Å². The molecule has 4 rings (SSSR count). The maximum atomic E-state index is 13.4. The maximum Gasteiger partial charge on any atom is 0.241 e. The summed E-state index contributed by atoms with van der Waals surface area (Å²) in [7, 11) is -3.80. The number of sulfonamides is 1. The van der Waals surface area contributed by atoms with Crippen molar-refractivity contribution in [3.63, 3.8) is 0 Å². The number of amides is 2. The van der Waals surface area contributed by atoms with Crippen LogP contribution in [0.25, 0.3) is 0 Å². The summed E-state index contributed by atoms with van der Waals surface area (Å²) in [5.41, 5.74) is 2.50. The largest absolute Gasteiger partial charge is 0.355 e. The molecule has 0 aliphatic carbocycles. The summed E-state index contributed by atoms with van der Waals surface area (Å²) in [6.07, 6.45) is 0.855. The molecule has 2 amide bonds. The Morgan fingerprint density at radius 3 is 2.61 bits per heavy atom. The van der Waals surface area contributed by atoms with Crippen molar-refractivity contribution in [3.8, 4) is 0 Å². The summed E-state index contributed by atoms with van der Waals surface area (Å²) in [5, 5.41) is 8.14. The van der Waals surface area contributed by atoms with Crippen LogP contribution in [0.5, 0.6) is 0 Å². The Morgan fingerprint density at radius 1 is 1.16 bits per heavy atom. The van der Waals surface area contributed by atoms with E-state index in [0.717, 1.165) is 11.1 Å². The lowest BCUT2D eigenvalue weighted by molar-refractivity contribution is -0.123. The summed E-state index contributed by atoms with van der Waals surface area (Å²) in [4.78, 5) is 29.4. The number of hydrogen-bond donors (Lipinski definition) is 2. The lowest BCUT2D eigenvalue weighted by atomic mass is 10.0. The average Bonchev–Trinajstić information content (AvgIpc) is 2.95. The van der Waals surface area contributed by atoms with Crippen molar-refractivity contribution in [3.05, 3.63) is 59.7 Å². The van der Waals surface area contributed by atoms with Gasteiger partial charge in [0.1, 0.15) is 0 Å². The number of hydrogen-bond acceptors (Lipinski definition) is 5. The standard InChI is InChI=1S/C22H26N4O4S/c1-15-11-17-12-18(31(23,29)30)7-8-19(17)26(15)22(28)14-25-10-9-24-21(27)13-20(25)16-5-3-2-4-6-16/h2-8,12,15,20H,9-11,13-14H2,1H3,(H,24,27)(H2,23,29,30)/t15-,20+/m1/s1. The first kappa shape index (κ1) is 21.5. The van der Waals surface area contributed by atoms with Gasteiger partial charge in [0.2, 0.25) is 21.8 Å². The van der Waals surface area contributed by atoms with Crippen molar-refractivity contribution in [2.45, 2.75) is 36.7 Å². The normalized spacial score (nSPS) is 22.0. The minimum atomic E-state index is -3.80. The molecule has 0 radical (unpaired) electrons. The fourth-order valence-corrected chi connectivity index (χ4v) is 5.04.